The van der Waals surface area contributed by atoms with E-state index in [1.54, 1.807) is 26.2 Å². The minimum absolute atomic E-state index is 0.0665. The van der Waals surface area contributed by atoms with Crippen molar-refractivity contribution < 1.29 is 14.3 Å². The van der Waals surface area contributed by atoms with Gasteiger partial charge < -0.3 is 15.0 Å². The molecule has 5 rings (SSSR count). The fraction of sp³-hybridized carbons (Fsp3) is 0.259. The van der Waals surface area contributed by atoms with E-state index >= 15 is 0 Å². The normalized spacial score (nSPS) is 14.2. The van der Waals surface area contributed by atoms with E-state index in [4.69, 9.17) is 9.72 Å². The van der Waals surface area contributed by atoms with E-state index in [0.717, 1.165) is 33.9 Å². The number of fused-ring (bicyclic) bond motifs is 2. The molecule has 4 aromatic rings. The van der Waals surface area contributed by atoms with E-state index in [1.165, 1.54) is 11.2 Å². The Labute approximate surface area is 218 Å². The van der Waals surface area contributed by atoms with Gasteiger partial charge in [-0.25, -0.2) is 15.0 Å². The predicted octanol–water partition coefficient (Wildman–Crippen LogP) is 4.91. The van der Waals surface area contributed by atoms with Gasteiger partial charge >= 0.3 is 0 Å². The van der Waals surface area contributed by atoms with Crippen LogP contribution in [-0.2, 0) is 4.79 Å². The first-order valence-electron chi connectivity index (χ1n) is 11.7. The fourth-order valence-corrected chi connectivity index (χ4v) is 4.88. The van der Waals surface area contributed by atoms with E-state index in [9.17, 15) is 9.59 Å². The zero-order valence-electron chi connectivity index (χ0n) is 21.1. The van der Waals surface area contributed by atoms with Gasteiger partial charge in [0.1, 0.15) is 6.33 Å². The average Bonchev–Trinajstić information content (AvgIpc) is 3.39. The molecule has 1 aromatic carbocycles. The Hall–Kier alpha value is -4.18. The minimum atomic E-state index is -0.896. The molecule has 0 bridgehead atoms. The molecule has 0 radical (unpaired) electrons. The van der Waals surface area contributed by atoms with Crippen molar-refractivity contribution in [3.63, 3.8) is 0 Å². The third-order valence-electron chi connectivity index (χ3n) is 6.46. The number of nitrogens with zero attached hydrogens (tertiary/aromatic N) is 5. The van der Waals surface area contributed by atoms with Crippen LogP contribution in [0.3, 0.4) is 0 Å². The number of hydrogen-bond donors (Lipinski definition) is 1. The summed E-state index contributed by atoms with van der Waals surface area (Å²) in [5.41, 5.74) is 3.64. The molecule has 0 unspecified atom stereocenters. The Morgan fingerprint density at radius 3 is 2.30 bits per heavy atom. The number of pyridine rings is 2. The number of carbonyl (C=O) groups excluding carboxylic acids is 2. The fourth-order valence-electron chi connectivity index (χ4n) is 4.45. The number of rotatable bonds is 5. The van der Waals surface area contributed by atoms with Gasteiger partial charge in [0.25, 0.3) is 5.91 Å². The highest BCUT2D eigenvalue weighted by atomic mass is 32.1. The number of aromatic nitrogens is 4. The lowest BCUT2D eigenvalue weighted by Gasteiger charge is -2.37. The van der Waals surface area contributed by atoms with E-state index in [-0.39, 0.29) is 17.7 Å². The number of hydrogen-bond acceptors (Lipinski definition) is 8. The van der Waals surface area contributed by atoms with Gasteiger partial charge in [0, 0.05) is 59.5 Å². The standard InChI is InChI=1S/C27H26N6O3S/c1-15-6-11-18-21(27(2,3)25(35)32-26-28-14-29-37-26)19-12-13-20(31-23(19)36-22(18)30-15)16-7-9-17(10-8-16)24(34)33(4)5/h6-14,21H,1-5H3,(H,28,29,32,35)/t21-/m0/s1. The summed E-state index contributed by atoms with van der Waals surface area (Å²) in [6, 6.07) is 15.0. The highest BCUT2D eigenvalue weighted by molar-refractivity contribution is 7.09. The van der Waals surface area contributed by atoms with Gasteiger partial charge in [-0.05, 0) is 31.2 Å². The third kappa shape index (κ3) is 4.55. The average molecular weight is 515 g/mol. The summed E-state index contributed by atoms with van der Waals surface area (Å²) in [5.74, 6) is 0.208. The van der Waals surface area contributed by atoms with Gasteiger partial charge in [0.2, 0.25) is 22.8 Å². The van der Waals surface area contributed by atoms with Crippen molar-refractivity contribution in [1.29, 1.82) is 0 Å². The van der Waals surface area contributed by atoms with E-state index in [0.29, 0.717) is 28.1 Å². The second-order valence-electron chi connectivity index (χ2n) is 9.67. The Morgan fingerprint density at radius 1 is 0.973 bits per heavy atom. The van der Waals surface area contributed by atoms with Gasteiger partial charge in [-0.1, -0.05) is 38.1 Å². The molecule has 1 aliphatic rings. The second-order valence-corrected chi connectivity index (χ2v) is 10.5. The second kappa shape index (κ2) is 9.36. The van der Waals surface area contributed by atoms with Gasteiger partial charge in [-0.15, -0.1) is 0 Å². The monoisotopic (exact) mass is 514 g/mol. The highest BCUT2D eigenvalue weighted by Crippen LogP contribution is 2.51. The molecule has 0 spiro atoms. The molecule has 1 atom stereocenters. The van der Waals surface area contributed by atoms with Crippen molar-refractivity contribution in [2.75, 3.05) is 19.4 Å². The predicted molar refractivity (Wildman–Crippen MR) is 141 cm³/mol. The van der Waals surface area contributed by atoms with E-state index < -0.39 is 5.41 Å². The van der Waals surface area contributed by atoms with Crippen LogP contribution in [0.1, 0.15) is 46.9 Å². The molecule has 0 aliphatic carbocycles. The van der Waals surface area contributed by atoms with Crippen LogP contribution in [0, 0.1) is 12.3 Å². The highest BCUT2D eigenvalue weighted by Gasteiger charge is 2.45. The largest absolute Gasteiger partial charge is 0.420 e. The molecule has 9 nitrogen and oxygen atoms in total. The van der Waals surface area contributed by atoms with Crippen molar-refractivity contribution >= 4 is 28.5 Å². The first-order valence-corrected chi connectivity index (χ1v) is 12.5. The molecule has 4 heterocycles. The van der Waals surface area contributed by atoms with Crippen LogP contribution >= 0.6 is 11.5 Å². The lowest BCUT2D eigenvalue weighted by Crippen LogP contribution is -2.38. The van der Waals surface area contributed by atoms with Crippen LogP contribution in [0.15, 0.2) is 54.9 Å². The Bertz CT molecular complexity index is 1480. The molecule has 1 aliphatic heterocycles. The van der Waals surface area contributed by atoms with Crippen LogP contribution in [0.2, 0.25) is 0 Å². The number of carbonyl (C=O) groups is 2. The quantitative estimate of drug-likeness (QED) is 0.403. The molecule has 188 valence electrons. The summed E-state index contributed by atoms with van der Waals surface area (Å²) in [5, 5.41) is 3.33. The zero-order valence-corrected chi connectivity index (χ0v) is 22.0. The summed E-state index contributed by atoms with van der Waals surface area (Å²) in [6.07, 6.45) is 1.41. The molecule has 0 fully saturated rings. The zero-order chi connectivity index (χ0) is 26.3. The molecule has 3 aromatic heterocycles. The maximum absolute atomic E-state index is 13.5. The minimum Gasteiger partial charge on any atom is -0.420 e. The molecule has 0 saturated heterocycles. The van der Waals surface area contributed by atoms with Gasteiger partial charge in [-0.2, -0.15) is 4.37 Å². The maximum Gasteiger partial charge on any atom is 0.253 e. The lowest BCUT2D eigenvalue weighted by molar-refractivity contribution is -0.124. The Balaban J connectivity index is 1.55. The molecule has 0 saturated carbocycles. The lowest BCUT2D eigenvalue weighted by atomic mass is 9.70. The van der Waals surface area contributed by atoms with Crippen LogP contribution < -0.4 is 10.1 Å². The molecule has 1 N–H and O–H groups in total. The molecular formula is C27H26N6O3S. The maximum atomic E-state index is 13.5. The number of aryl methyl sites for hydroxylation is 1. The molecule has 2 amide bonds. The number of benzene rings is 1. The van der Waals surface area contributed by atoms with Crippen molar-refractivity contribution in [2.24, 2.45) is 5.41 Å². The van der Waals surface area contributed by atoms with Gasteiger partial charge in [-0.3, -0.25) is 9.59 Å². The van der Waals surface area contributed by atoms with Crippen molar-refractivity contribution in [1.82, 2.24) is 24.2 Å². The number of amides is 2. The van der Waals surface area contributed by atoms with Crippen LogP contribution in [0.5, 0.6) is 11.8 Å². The van der Waals surface area contributed by atoms with Crippen LogP contribution in [-0.4, -0.2) is 50.1 Å². The van der Waals surface area contributed by atoms with Crippen molar-refractivity contribution in [2.45, 2.75) is 26.7 Å². The third-order valence-corrected chi connectivity index (χ3v) is 7.04. The smallest absolute Gasteiger partial charge is 0.253 e. The van der Waals surface area contributed by atoms with Gasteiger partial charge in [0.15, 0.2) is 0 Å². The van der Waals surface area contributed by atoms with Crippen molar-refractivity contribution in [3.8, 4) is 23.0 Å². The summed E-state index contributed by atoms with van der Waals surface area (Å²) in [6.45, 7) is 5.67. The number of anilines is 1. The molecule has 10 heteroatoms. The topological polar surface area (TPSA) is 110 Å². The van der Waals surface area contributed by atoms with Gasteiger partial charge in [0.05, 0.1) is 11.1 Å². The Kier molecular flexibility index (Phi) is 6.20. The summed E-state index contributed by atoms with van der Waals surface area (Å²) in [7, 11) is 3.44. The van der Waals surface area contributed by atoms with E-state index in [1.807, 2.05) is 57.2 Å². The summed E-state index contributed by atoms with van der Waals surface area (Å²) in [4.78, 5) is 40.8. The molecular weight excluding hydrogens is 488 g/mol. The molecule has 37 heavy (non-hydrogen) atoms. The van der Waals surface area contributed by atoms with Crippen LogP contribution in [0.25, 0.3) is 11.3 Å². The summed E-state index contributed by atoms with van der Waals surface area (Å²) < 4.78 is 10.2. The number of nitrogens with one attached hydrogen (secondary N) is 1. The first-order chi connectivity index (χ1) is 17.6. The number of ether oxygens (including phenoxy) is 1. The SMILES string of the molecule is Cc1ccc2c(n1)Oc1nc(-c3ccc(C(=O)N(C)C)cc3)ccc1[C@H]2C(C)(C)C(=O)Nc1ncns1. The Morgan fingerprint density at radius 2 is 1.65 bits per heavy atom. The van der Waals surface area contributed by atoms with Crippen LogP contribution in [0.4, 0.5) is 5.13 Å². The van der Waals surface area contributed by atoms with Crippen molar-refractivity contribution in [3.05, 3.63) is 77.2 Å². The first kappa shape index (κ1) is 24.5. The van der Waals surface area contributed by atoms with E-state index in [2.05, 4.69) is 19.7 Å². The summed E-state index contributed by atoms with van der Waals surface area (Å²) >= 11 is 1.12.